The summed E-state index contributed by atoms with van der Waals surface area (Å²) in [6.07, 6.45) is 0.522. The molecule has 0 aromatic heterocycles. The monoisotopic (exact) mass is 187 g/mol. The fourth-order valence-electron chi connectivity index (χ4n) is 1.13. The molecule has 1 rings (SSSR count). The van der Waals surface area contributed by atoms with Crippen molar-refractivity contribution in [1.29, 1.82) is 0 Å². The first-order valence-electron chi connectivity index (χ1n) is 4.60. The summed E-state index contributed by atoms with van der Waals surface area (Å²) >= 11 is 0. The molecule has 0 radical (unpaired) electrons. The first kappa shape index (κ1) is 10.5. The maximum Gasteiger partial charge on any atom is 0.162 e. The first-order valence-corrected chi connectivity index (χ1v) is 4.60. The number of nitrogens with two attached hydrogens (primary N) is 1. The minimum atomic E-state index is 0.140. The van der Waals surface area contributed by atoms with Crippen molar-refractivity contribution in [2.75, 3.05) is 6.54 Å². The average molecular weight is 187 g/mol. The minimum absolute atomic E-state index is 0.140. The second kappa shape index (κ2) is 5.21. The third-order valence-electron chi connectivity index (χ3n) is 1.84. The summed E-state index contributed by atoms with van der Waals surface area (Å²) in [5.74, 6) is 5.79. The van der Waals surface area contributed by atoms with E-state index in [2.05, 4.69) is 11.8 Å². The van der Waals surface area contributed by atoms with Gasteiger partial charge in [0.2, 0.25) is 0 Å². The van der Waals surface area contributed by atoms with Crippen LogP contribution in [0.15, 0.2) is 24.3 Å². The highest BCUT2D eigenvalue weighted by Gasteiger charge is 2.01. The Morgan fingerprint density at radius 3 is 2.93 bits per heavy atom. The Balaban J connectivity index is 2.95. The summed E-state index contributed by atoms with van der Waals surface area (Å²) in [6.45, 7) is 2.19. The minimum Gasteiger partial charge on any atom is -0.320 e. The van der Waals surface area contributed by atoms with Crippen LogP contribution < -0.4 is 5.73 Å². The molecule has 72 valence electrons. The zero-order valence-electron chi connectivity index (χ0n) is 8.21. The number of rotatable bonds is 2. The van der Waals surface area contributed by atoms with Crippen LogP contribution in [0.1, 0.15) is 29.3 Å². The van der Waals surface area contributed by atoms with E-state index in [1.54, 1.807) is 12.1 Å². The summed E-state index contributed by atoms with van der Waals surface area (Å²) in [7, 11) is 0. The number of hydrogen-bond acceptors (Lipinski definition) is 2. The van der Waals surface area contributed by atoms with E-state index in [9.17, 15) is 4.79 Å². The molecule has 2 heteroatoms. The molecule has 0 saturated carbocycles. The molecule has 0 fully saturated rings. The molecule has 0 atom stereocenters. The fraction of sp³-hybridized carbons (Fsp3) is 0.250. The summed E-state index contributed by atoms with van der Waals surface area (Å²) in [5, 5.41) is 0. The van der Waals surface area contributed by atoms with Crippen molar-refractivity contribution < 1.29 is 4.79 Å². The lowest BCUT2D eigenvalue weighted by Gasteiger charge is -1.97. The molecule has 14 heavy (non-hydrogen) atoms. The lowest BCUT2D eigenvalue weighted by molar-refractivity contribution is 0.0988. The maximum absolute atomic E-state index is 11.4. The Morgan fingerprint density at radius 1 is 1.50 bits per heavy atom. The Hall–Kier alpha value is -1.59. The highest BCUT2D eigenvalue weighted by atomic mass is 16.1. The van der Waals surface area contributed by atoms with Gasteiger partial charge in [0.25, 0.3) is 0 Å². The van der Waals surface area contributed by atoms with Gasteiger partial charge in [-0.2, -0.15) is 0 Å². The average Bonchev–Trinajstić information content (AvgIpc) is 2.25. The zero-order chi connectivity index (χ0) is 10.4. The SMILES string of the molecule is CCC(=O)c1cccc(C#CCN)c1. The van der Waals surface area contributed by atoms with Crippen LogP contribution in [-0.4, -0.2) is 12.3 Å². The molecule has 0 amide bonds. The lowest BCUT2D eigenvalue weighted by Crippen LogP contribution is -1.97. The predicted molar refractivity (Wildman–Crippen MR) is 57.0 cm³/mol. The molecule has 0 bridgehead atoms. The molecular weight excluding hydrogens is 174 g/mol. The van der Waals surface area contributed by atoms with Crippen LogP contribution in [0.3, 0.4) is 0 Å². The molecule has 0 saturated heterocycles. The van der Waals surface area contributed by atoms with Crippen LogP contribution in [0.4, 0.5) is 0 Å². The maximum atomic E-state index is 11.4. The highest BCUT2D eigenvalue weighted by molar-refractivity contribution is 5.96. The van der Waals surface area contributed by atoms with Gasteiger partial charge in [0.05, 0.1) is 6.54 Å². The number of carbonyl (C=O) groups is 1. The molecule has 1 aromatic rings. The first-order chi connectivity index (χ1) is 6.77. The van der Waals surface area contributed by atoms with E-state index in [-0.39, 0.29) is 5.78 Å². The van der Waals surface area contributed by atoms with E-state index in [0.717, 1.165) is 11.1 Å². The second-order valence-corrected chi connectivity index (χ2v) is 2.86. The smallest absolute Gasteiger partial charge is 0.162 e. The van der Waals surface area contributed by atoms with E-state index in [4.69, 9.17) is 5.73 Å². The molecule has 0 aliphatic rings. The van der Waals surface area contributed by atoms with Gasteiger partial charge in [-0.05, 0) is 12.1 Å². The van der Waals surface area contributed by atoms with E-state index < -0.39 is 0 Å². The Morgan fingerprint density at radius 2 is 2.29 bits per heavy atom. The van der Waals surface area contributed by atoms with Gasteiger partial charge in [-0.3, -0.25) is 4.79 Å². The molecule has 0 aliphatic carbocycles. The lowest BCUT2D eigenvalue weighted by atomic mass is 10.1. The van der Waals surface area contributed by atoms with E-state index in [1.165, 1.54) is 0 Å². The van der Waals surface area contributed by atoms with Crippen LogP contribution >= 0.6 is 0 Å². The summed E-state index contributed by atoms with van der Waals surface area (Å²) in [6, 6.07) is 7.31. The molecule has 0 heterocycles. The number of Topliss-reactive ketones (excluding diaryl/α,β-unsaturated/α-hetero) is 1. The van der Waals surface area contributed by atoms with Gasteiger partial charge in [0.15, 0.2) is 5.78 Å². The third-order valence-corrected chi connectivity index (χ3v) is 1.84. The Labute approximate surface area is 84.1 Å². The molecule has 2 nitrogen and oxygen atoms in total. The number of hydrogen-bond donors (Lipinski definition) is 1. The third kappa shape index (κ3) is 2.72. The largest absolute Gasteiger partial charge is 0.320 e. The second-order valence-electron chi connectivity index (χ2n) is 2.86. The molecule has 1 aromatic carbocycles. The van der Waals surface area contributed by atoms with Gasteiger partial charge in [-0.1, -0.05) is 30.9 Å². The van der Waals surface area contributed by atoms with Gasteiger partial charge < -0.3 is 5.73 Å². The van der Waals surface area contributed by atoms with Gasteiger partial charge in [-0.25, -0.2) is 0 Å². The van der Waals surface area contributed by atoms with Gasteiger partial charge in [0.1, 0.15) is 0 Å². The zero-order valence-corrected chi connectivity index (χ0v) is 8.21. The van der Waals surface area contributed by atoms with Crippen LogP contribution in [-0.2, 0) is 0 Å². The predicted octanol–water partition coefficient (Wildman–Crippen LogP) is 1.59. The Bertz CT molecular complexity index is 385. The fourth-order valence-corrected chi connectivity index (χ4v) is 1.13. The van der Waals surface area contributed by atoms with Crippen molar-refractivity contribution in [2.45, 2.75) is 13.3 Å². The quantitative estimate of drug-likeness (QED) is 0.564. The van der Waals surface area contributed by atoms with Crippen LogP contribution in [0, 0.1) is 11.8 Å². The van der Waals surface area contributed by atoms with Crippen molar-refractivity contribution in [3.63, 3.8) is 0 Å². The van der Waals surface area contributed by atoms with Gasteiger partial charge in [-0.15, -0.1) is 0 Å². The number of benzene rings is 1. The standard InChI is InChI=1S/C12H13NO/c1-2-12(14)11-7-3-5-10(9-11)6-4-8-13/h3,5,7,9H,2,8,13H2,1H3. The topological polar surface area (TPSA) is 43.1 Å². The van der Waals surface area contributed by atoms with Crippen LogP contribution in [0.2, 0.25) is 0 Å². The van der Waals surface area contributed by atoms with E-state index in [0.29, 0.717) is 13.0 Å². The van der Waals surface area contributed by atoms with Gasteiger partial charge >= 0.3 is 0 Å². The van der Waals surface area contributed by atoms with E-state index in [1.807, 2.05) is 19.1 Å². The Kier molecular flexibility index (Phi) is 3.90. The number of ketones is 1. The molecule has 0 aliphatic heterocycles. The van der Waals surface area contributed by atoms with Crippen molar-refractivity contribution in [1.82, 2.24) is 0 Å². The summed E-state index contributed by atoms with van der Waals surface area (Å²) < 4.78 is 0. The summed E-state index contributed by atoms with van der Waals surface area (Å²) in [4.78, 5) is 11.4. The number of carbonyl (C=O) groups excluding carboxylic acids is 1. The molecule has 0 unspecified atom stereocenters. The highest BCUT2D eigenvalue weighted by Crippen LogP contribution is 2.06. The van der Waals surface area contributed by atoms with Crippen LogP contribution in [0.5, 0.6) is 0 Å². The normalized spacial score (nSPS) is 9.00. The van der Waals surface area contributed by atoms with Crippen molar-refractivity contribution in [3.05, 3.63) is 35.4 Å². The molecule has 2 N–H and O–H groups in total. The van der Waals surface area contributed by atoms with Crippen molar-refractivity contribution >= 4 is 5.78 Å². The van der Waals surface area contributed by atoms with Crippen LogP contribution in [0.25, 0.3) is 0 Å². The molecular formula is C12H13NO. The van der Waals surface area contributed by atoms with E-state index >= 15 is 0 Å². The summed E-state index contributed by atoms with van der Waals surface area (Å²) in [5.41, 5.74) is 6.82. The van der Waals surface area contributed by atoms with Gasteiger partial charge in [0, 0.05) is 17.5 Å². The van der Waals surface area contributed by atoms with Crippen molar-refractivity contribution in [3.8, 4) is 11.8 Å². The molecule has 0 spiro atoms. The van der Waals surface area contributed by atoms with Crippen molar-refractivity contribution in [2.24, 2.45) is 5.73 Å².